The normalized spacial score (nSPS) is 35.1. The largest absolute Gasteiger partial charge is 0.393 e. The summed E-state index contributed by atoms with van der Waals surface area (Å²) in [6, 6.07) is 0.567. The molecule has 2 atom stereocenters. The maximum absolute atomic E-state index is 11.9. The SMILES string of the molecule is CCSC1CCC(NC(=O)NC2CCC(O)CC2)C1. The molecular formula is C14H26N2O2S. The van der Waals surface area contributed by atoms with Gasteiger partial charge in [0.05, 0.1) is 6.10 Å². The second kappa shape index (κ2) is 7.39. The Hall–Kier alpha value is -0.420. The highest BCUT2D eigenvalue weighted by molar-refractivity contribution is 7.99. The number of rotatable bonds is 4. The average molecular weight is 286 g/mol. The molecule has 110 valence electrons. The van der Waals surface area contributed by atoms with Gasteiger partial charge in [-0.1, -0.05) is 6.92 Å². The monoisotopic (exact) mass is 286 g/mol. The molecule has 0 spiro atoms. The number of hydrogen-bond acceptors (Lipinski definition) is 3. The van der Waals surface area contributed by atoms with Crippen LogP contribution in [0.2, 0.25) is 0 Å². The Morgan fingerprint density at radius 2 is 1.74 bits per heavy atom. The maximum Gasteiger partial charge on any atom is 0.315 e. The van der Waals surface area contributed by atoms with Crippen molar-refractivity contribution in [3.8, 4) is 0 Å². The van der Waals surface area contributed by atoms with Crippen molar-refractivity contribution in [1.29, 1.82) is 0 Å². The Labute approximate surface area is 120 Å². The Morgan fingerprint density at radius 1 is 1.11 bits per heavy atom. The fraction of sp³-hybridized carbons (Fsp3) is 0.929. The van der Waals surface area contributed by atoms with Gasteiger partial charge in [-0.25, -0.2) is 4.79 Å². The van der Waals surface area contributed by atoms with E-state index in [4.69, 9.17) is 0 Å². The van der Waals surface area contributed by atoms with Gasteiger partial charge in [0.1, 0.15) is 0 Å². The molecule has 0 saturated heterocycles. The first-order valence-corrected chi connectivity index (χ1v) is 8.59. The second-order valence-corrected chi connectivity index (χ2v) is 7.29. The van der Waals surface area contributed by atoms with E-state index in [1.807, 2.05) is 11.8 Å². The van der Waals surface area contributed by atoms with Crippen LogP contribution in [-0.2, 0) is 0 Å². The third-order valence-corrected chi connectivity index (χ3v) is 5.39. The molecule has 0 aliphatic heterocycles. The third-order valence-electron chi connectivity index (χ3n) is 4.15. The standard InChI is InChI=1S/C14H26N2O2S/c1-2-19-13-8-5-11(9-13)16-14(18)15-10-3-6-12(17)7-4-10/h10-13,17H,2-9H2,1H3,(H2,15,16,18). The first-order chi connectivity index (χ1) is 9.17. The van der Waals surface area contributed by atoms with Crippen molar-refractivity contribution in [2.24, 2.45) is 0 Å². The molecule has 0 heterocycles. The zero-order chi connectivity index (χ0) is 13.7. The van der Waals surface area contributed by atoms with Gasteiger partial charge in [-0.2, -0.15) is 11.8 Å². The van der Waals surface area contributed by atoms with Gasteiger partial charge in [-0.3, -0.25) is 0 Å². The molecule has 2 fully saturated rings. The second-order valence-electron chi connectivity index (χ2n) is 5.71. The first kappa shape index (κ1) is 15.0. The number of amides is 2. The quantitative estimate of drug-likeness (QED) is 0.743. The molecule has 0 bridgehead atoms. The molecule has 2 aliphatic carbocycles. The van der Waals surface area contributed by atoms with Crippen LogP contribution >= 0.6 is 11.8 Å². The highest BCUT2D eigenvalue weighted by Crippen LogP contribution is 2.29. The smallest absolute Gasteiger partial charge is 0.315 e. The van der Waals surface area contributed by atoms with Gasteiger partial charge in [-0.15, -0.1) is 0 Å². The van der Waals surface area contributed by atoms with Gasteiger partial charge in [0.15, 0.2) is 0 Å². The lowest BCUT2D eigenvalue weighted by Crippen LogP contribution is -2.47. The number of nitrogens with one attached hydrogen (secondary N) is 2. The molecule has 0 aromatic rings. The highest BCUT2D eigenvalue weighted by Gasteiger charge is 2.27. The summed E-state index contributed by atoms with van der Waals surface area (Å²) < 4.78 is 0. The summed E-state index contributed by atoms with van der Waals surface area (Å²) >= 11 is 2.01. The van der Waals surface area contributed by atoms with Crippen molar-refractivity contribution in [3.63, 3.8) is 0 Å². The van der Waals surface area contributed by atoms with Crippen LogP contribution in [0, 0.1) is 0 Å². The minimum atomic E-state index is -0.164. The lowest BCUT2D eigenvalue weighted by atomic mass is 9.93. The van der Waals surface area contributed by atoms with Crippen molar-refractivity contribution in [1.82, 2.24) is 10.6 Å². The summed E-state index contributed by atoms with van der Waals surface area (Å²) in [6.07, 6.45) is 6.68. The molecule has 0 radical (unpaired) electrons. The Morgan fingerprint density at radius 3 is 2.42 bits per heavy atom. The predicted molar refractivity (Wildman–Crippen MR) is 79.5 cm³/mol. The number of aliphatic hydroxyl groups excluding tert-OH is 1. The molecule has 0 aromatic heterocycles. The maximum atomic E-state index is 11.9. The van der Waals surface area contributed by atoms with E-state index in [2.05, 4.69) is 17.6 Å². The van der Waals surface area contributed by atoms with E-state index in [0.29, 0.717) is 6.04 Å². The third kappa shape index (κ3) is 4.88. The minimum absolute atomic E-state index is 0.0199. The number of carbonyl (C=O) groups is 1. The highest BCUT2D eigenvalue weighted by atomic mass is 32.2. The average Bonchev–Trinajstić information content (AvgIpc) is 2.80. The lowest BCUT2D eigenvalue weighted by Gasteiger charge is -2.26. The van der Waals surface area contributed by atoms with Gasteiger partial charge in [0.25, 0.3) is 0 Å². The molecule has 5 heteroatoms. The minimum Gasteiger partial charge on any atom is -0.393 e. The van der Waals surface area contributed by atoms with Gasteiger partial charge in [0.2, 0.25) is 0 Å². The molecule has 2 unspecified atom stereocenters. The van der Waals surface area contributed by atoms with Crippen LogP contribution in [0.25, 0.3) is 0 Å². The Balaban J connectivity index is 1.65. The number of aliphatic hydroxyl groups is 1. The van der Waals surface area contributed by atoms with E-state index >= 15 is 0 Å². The predicted octanol–water partition coefficient (Wildman–Crippen LogP) is 2.26. The molecule has 3 N–H and O–H groups in total. The number of hydrogen-bond donors (Lipinski definition) is 3. The van der Waals surface area contributed by atoms with Crippen molar-refractivity contribution < 1.29 is 9.90 Å². The molecule has 2 aliphatic rings. The molecule has 2 rings (SSSR count). The van der Waals surface area contributed by atoms with Crippen LogP contribution in [0.3, 0.4) is 0 Å². The fourth-order valence-corrected chi connectivity index (χ4v) is 4.23. The summed E-state index contributed by atoms with van der Waals surface area (Å²) in [5.41, 5.74) is 0. The summed E-state index contributed by atoms with van der Waals surface area (Å²) in [6.45, 7) is 2.19. The molecule has 19 heavy (non-hydrogen) atoms. The van der Waals surface area contributed by atoms with Crippen LogP contribution in [0.1, 0.15) is 51.9 Å². The molecule has 2 amide bonds. The van der Waals surface area contributed by atoms with E-state index in [1.165, 1.54) is 6.42 Å². The molecule has 4 nitrogen and oxygen atoms in total. The van der Waals surface area contributed by atoms with Crippen molar-refractivity contribution in [3.05, 3.63) is 0 Å². The lowest BCUT2D eigenvalue weighted by molar-refractivity contribution is 0.117. The van der Waals surface area contributed by atoms with Crippen LogP contribution < -0.4 is 10.6 Å². The zero-order valence-electron chi connectivity index (χ0n) is 11.7. The zero-order valence-corrected chi connectivity index (χ0v) is 12.5. The van der Waals surface area contributed by atoms with Gasteiger partial charge >= 0.3 is 6.03 Å². The Bertz CT molecular complexity index is 293. The molecule has 0 aromatic carbocycles. The van der Waals surface area contributed by atoms with Crippen molar-refractivity contribution in [2.45, 2.75) is 75.3 Å². The first-order valence-electron chi connectivity index (χ1n) is 7.54. The number of thioether (sulfide) groups is 1. The van der Waals surface area contributed by atoms with Crippen molar-refractivity contribution >= 4 is 17.8 Å². The van der Waals surface area contributed by atoms with E-state index in [1.54, 1.807) is 0 Å². The number of urea groups is 1. The topological polar surface area (TPSA) is 61.4 Å². The van der Waals surface area contributed by atoms with Crippen LogP contribution in [-0.4, -0.2) is 40.3 Å². The summed E-state index contributed by atoms with van der Waals surface area (Å²) in [4.78, 5) is 11.9. The fourth-order valence-electron chi connectivity index (χ4n) is 3.09. The van der Waals surface area contributed by atoms with E-state index < -0.39 is 0 Å². The van der Waals surface area contributed by atoms with Gasteiger partial charge in [-0.05, 0) is 50.7 Å². The van der Waals surface area contributed by atoms with Crippen LogP contribution in [0.4, 0.5) is 4.79 Å². The van der Waals surface area contributed by atoms with Gasteiger partial charge in [0, 0.05) is 17.3 Å². The molecule has 2 saturated carbocycles. The summed E-state index contributed by atoms with van der Waals surface area (Å²) in [7, 11) is 0. The summed E-state index contributed by atoms with van der Waals surface area (Å²) in [5, 5.41) is 16.3. The Kier molecular flexibility index (Phi) is 5.82. The van der Waals surface area contributed by atoms with Crippen LogP contribution in [0.15, 0.2) is 0 Å². The molecular weight excluding hydrogens is 260 g/mol. The van der Waals surface area contributed by atoms with E-state index in [0.717, 1.165) is 49.5 Å². The van der Waals surface area contributed by atoms with Crippen molar-refractivity contribution in [2.75, 3.05) is 5.75 Å². The summed E-state index contributed by atoms with van der Waals surface area (Å²) in [5.74, 6) is 1.16. The van der Waals surface area contributed by atoms with E-state index in [9.17, 15) is 9.90 Å². The van der Waals surface area contributed by atoms with Crippen LogP contribution in [0.5, 0.6) is 0 Å². The van der Waals surface area contributed by atoms with Gasteiger partial charge < -0.3 is 15.7 Å². The van der Waals surface area contributed by atoms with E-state index in [-0.39, 0.29) is 18.2 Å². The number of carbonyl (C=O) groups excluding carboxylic acids is 1.